The van der Waals surface area contributed by atoms with E-state index >= 15 is 0 Å². The second kappa shape index (κ2) is 6.51. The fourth-order valence-electron chi connectivity index (χ4n) is 2.07. The first-order valence-corrected chi connectivity index (χ1v) is 7.28. The number of aromatic amines is 1. The van der Waals surface area contributed by atoms with Gasteiger partial charge in [-0.1, -0.05) is 23.7 Å². The second-order valence-corrected chi connectivity index (χ2v) is 5.37. The Morgan fingerprint density at radius 3 is 2.42 bits per heavy atom. The first-order chi connectivity index (χ1) is 11.5. The van der Waals surface area contributed by atoms with E-state index in [-0.39, 0.29) is 11.4 Å². The van der Waals surface area contributed by atoms with Crippen LogP contribution in [0.3, 0.4) is 0 Å². The lowest BCUT2D eigenvalue weighted by molar-refractivity contribution is -0.384. The number of carbonyl (C=O) groups excluding carboxylic acids is 1. The quantitative estimate of drug-likeness (QED) is 0.554. The molecule has 0 radical (unpaired) electrons. The highest BCUT2D eigenvalue weighted by Crippen LogP contribution is 2.21. The Hall–Kier alpha value is -3.19. The number of non-ortho nitro benzene ring substituents is 1. The lowest BCUT2D eigenvalue weighted by atomic mass is 10.1. The van der Waals surface area contributed by atoms with Gasteiger partial charge in [-0.25, -0.2) is 0 Å². The average molecular weight is 343 g/mol. The Labute approximate surface area is 141 Å². The van der Waals surface area contributed by atoms with E-state index in [1.807, 2.05) is 0 Å². The summed E-state index contributed by atoms with van der Waals surface area (Å²) in [5, 5.41) is 20.6. The molecule has 3 aromatic rings. The number of nitrogens with zero attached hydrogens (tertiary/aromatic N) is 2. The molecule has 0 unspecified atom stereocenters. The third-order valence-corrected chi connectivity index (χ3v) is 3.55. The summed E-state index contributed by atoms with van der Waals surface area (Å²) in [7, 11) is 0. The van der Waals surface area contributed by atoms with Gasteiger partial charge in [-0.3, -0.25) is 20.0 Å². The molecule has 3 rings (SSSR count). The van der Waals surface area contributed by atoms with Crippen molar-refractivity contribution in [2.45, 2.75) is 0 Å². The van der Waals surface area contributed by atoms with Crippen molar-refractivity contribution in [1.29, 1.82) is 0 Å². The maximum Gasteiger partial charge on any atom is 0.273 e. The molecule has 1 amide bonds. The number of rotatable bonds is 4. The number of H-pyrrole nitrogens is 1. The number of halogens is 1. The number of carbonyl (C=O) groups is 1. The van der Waals surface area contributed by atoms with Crippen LogP contribution in [0, 0.1) is 10.1 Å². The third kappa shape index (κ3) is 3.41. The highest BCUT2D eigenvalue weighted by molar-refractivity contribution is 6.30. The monoisotopic (exact) mass is 342 g/mol. The molecule has 2 aromatic carbocycles. The molecule has 0 fully saturated rings. The van der Waals surface area contributed by atoms with Crippen molar-refractivity contribution in [2.75, 3.05) is 5.32 Å². The number of aromatic nitrogens is 2. The van der Waals surface area contributed by atoms with Crippen LogP contribution in [0.1, 0.15) is 10.5 Å². The van der Waals surface area contributed by atoms with Crippen LogP contribution in [-0.2, 0) is 0 Å². The summed E-state index contributed by atoms with van der Waals surface area (Å²) in [5.74, 6) is -0.392. The van der Waals surface area contributed by atoms with Crippen LogP contribution >= 0.6 is 11.6 Å². The Bertz CT molecular complexity index is 888. The Morgan fingerprint density at radius 2 is 1.79 bits per heavy atom. The van der Waals surface area contributed by atoms with Crippen molar-refractivity contribution in [3.63, 3.8) is 0 Å². The van der Waals surface area contributed by atoms with Crippen LogP contribution in [-0.4, -0.2) is 21.0 Å². The van der Waals surface area contributed by atoms with Crippen LogP contribution in [0.4, 0.5) is 11.4 Å². The van der Waals surface area contributed by atoms with E-state index in [2.05, 4.69) is 15.5 Å². The number of amides is 1. The highest BCUT2D eigenvalue weighted by atomic mass is 35.5. The van der Waals surface area contributed by atoms with Gasteiger partial charge in [0.05, 0.1) is 10.6 Å². The molecule has 0 spiro atoms. The number of nitro benzene ring substituents is 1. The van der Waals surface area contributed by atoms with Crippen LogP contribution in [0.25, 0.3) is 11.3 Å². The van der Waals surface area contributed by atoms with E-state index in [4.69, 9.17) is 11.6 Å². The molecule has 0 aliphatic heterocycles. The number of hydrogen-bond donors (Lipinski definition) is 2. The lowest BCUT2D eigenvalue weighted by Gasteiger charge is -2.02. The van der Waals surface area contributed by atoms with E-state index in [0.29, 0.717) is 16.4 Å². The molecule has 0 atom stereocenters. The molecule has 1 aromatic heterocycles. The van der Waals surface area contributed by atoms with Crippen LogP contribution in [0.5, 0.6) is 0 Å². The summed E-state index contributed by atoms with van der Waals surface area (Å²) in [6.07, 6.45) is 0. The fourth-order valence-corrected chi connectivity index (χ4v) is 2.20. The summed E-state index contributed by atoms with van der Waals surface area (Å²) < 4.78 is 0. The summed E-state index contributed by atoms with van der Waals surface area (Å²) in [4.78, 5) is 22.3. The zero-order chi connectivity index (χ0) is 17.1. The molecule has 24 heavy (non-hydrogen) atoms. The minimum absolute atomic E-state index is 0.0421. The maximum absolute atomic E-state index is 12.2. The summed E-state index contributed by atoms with van der Waals surface area (Å²) >= 11 is 5.84. The van der Waals surface area contributed by atoms with Crippen LogP contribution in [0.2, 0.25) is 5.02 Å². The molecular formula is C16H11ClN4O3. The van der Waals surface area contributed by atoms with E-state index in [1.54, 1.807) is 30.3 Å². The minimum Gasteiger partial charge on any atom is -0.321 e. The van der Waals surface area contributed by atoms with Gasteiger partial charge < -0.3 is 5.32 Å². The molecule has 0 aliphatic carbocycles. The van der Waals surface area contributed by atoms with Crippen LogP contribution in [0.15, 0.2) is 54.6 Å². The van der Waals surface area contributed by atoms with Gasteiger partial charge in [-0.05, 0) is 30.3 Å². The SMILES string of the molecule is O=C(Nc1ccc([N+](=O)[O-])cc1)c1cc(-c2ccc(Cl)cc2)n[nH]1. The van der Waals surface area contributed by atoms with Gasteiger partial charge in [0.2, 0.25) is 0 Å². The molecule has 8 heteroatoms. The topological polar surface area (TPSA) is 101 Å². The molecule has 120 valence electrons. The van der Waals surface area contributed by atoms with Crippen molar-refractivity contribution in [3.8, 4) is 11.3 Å². The van der Waals surface area contributed by atoms with E-state index < -0.39 is 10.8 Å². The second-order valence-electron chi connectivity index (χ2n) is 4.93. The predicted octanol–water partition coefficient (Wildman–Crippen LogP) is 3.89. The van der Waals surface area contributed by atoms with Gasteiger partial charge in [0.1, 0.15) is 5.69 Å². The molecule has 7 nitrogen and oxygen atoms in total. The zero-order valence-electron chi connectivity index (χ0n) is 12.2. The number of nitro groups is 1. The predicted molar refractivity (Wildman–Crippen MR) is 90.1 cm³/mol. The molecular weight excluding hydrogens is 332 g/mol. The number of hydrogen-bond acceptors (Lipinski definition) is 4. The highest BCUT2D eigenvalue weighted by Gasteiger charge is 2.12. The molecule has 0 aliphatic rings. The van der Waals surface area contributed by atoms with Gasteiger partial charge in [-0.15, -0.1) is 0 Å². The normalized spacial score (nSPS) is 10.4. The Balaban J connectivity index is 1.73. The van der Waals surface area contributed by atoms with Gasteiger partial charge in [-0.2, -0.15) is 5.10 Å². The van der Waals surface area contributed by atoms with Crippen LogP contribution < -0.4 is 5.32 Å². The maximum atomic E-state index is 12.2. The minimum atomic E-state index is -0.501. The smallest absolute Gasteiger partial charge is 0.273 e. The number of benzene rings is 2. The largest absolute Gasteiger partial charge is 0.321 e. The zero-order valence-corrected chi connectivity index (χ0v) is 12.9. The Kier molecular flexibility index (Phi) is 4.26. The van der Waals surface area contributed by atoms with Gasteiger partial charge in [0.25, 0.3) is 11.6 Å². The fraction of sp³-hybridized carbons (Fsp3) is 0. The number of nitrogens with one attached hydrogen (secondary N) is 2. The summed E-state index contributed by atoms with van der Waals surface area (Å²) in [5.41, 5.74) is 2.12. The molecule has 1 heterocycles. The van der Waals surface area contributed by atoms with Crippen molar-refractivity contribution in [1.82, 2.24) is 10.2 Å². The lowest BCUT2D eigenvalue weighted by Crippen LogP contribution is -2.12. The van der Waals surface area contributed by atoms with Crippen molar-refractivity contribution >= 4 is 28.9 Å². The van der Waals surface area contributed by atoms with E-state index in [9.17, 15) is 14.9 Å². The van der Waals surface area contributed by atoms with Gasteiger partial charge in [0.15, 0.2) is 0 Å². The summed E-state index contributed by atoms with van der Waals surface area (Å²) in [6, 6.07) is 14.3. The molecule has 2 N–H and O–H groups in total. The summed E-state index contributed by atoms with van der Waals surface area (Å²) in [6.45, 7) is 0. The third-order valence-electron chi connectivity index (χ3n) is 3.30. The van der Waals surface area contributed by atoms with Crippen molar-refractivity contribution < 1.29 is 9.72 Å². The molecule has 0 saturated carbocycles. The van der Waals surface area contributed by atoms with E-state index in [0.717, 1.165) is 5.56 Å². The first-order valence-electron chi connectivity index (χ1n) is 6.90. The van der Waals surface area contributed by atoms with E-state index in [1.165, 1.54) is 24.3 Å². The van der Waals surface area contributed by atoms with Crippen molar-refractivity contribution in [2.24, 2.45) is 0 Å². The Morgan fingerprint density at radius 1 is 1.12 bits per heavy atom. The average Bonchev–Trinajstić information content (AvgIpc) is 3.06. The van der Waals surface area contributed by atoms with Gasteiger partial charge in [0, 0.05) is 28.4 Å². The number of anilines is 1. The standard InChI is InChI=1S/C16H11ClN4O3/c17-11-3-1-10(2-4-11)14-9-15(20-19-14)16(22)18-12-5-7-13(8-6-12)21(23)24/h1-9H,(H,18,22)(H,19,20). The van der Waals surface area contributed by atoms with Gasteiger partial charge >= 0.3 is 0 Å². The van der Waals surface area contributed by atoms with Crippen molar-refractivity contribution in [3.05, 3.63) is 75.4 Å². The first kappa shape index (κ1) is 15.7. The molecule has 0 saturated heterocycles. The molecule has 0 bridgehead atoms.